The summed E-state index contributed by atoms with van der Waals surface area (Å²) in [5.74, 6) is -0.206. The van der Waals surface area contributed by atoms with Crippen LogP contribution in [0.25, 0.3) is 11.0 Å². The first-order valence-electron chi connectivity index (χ1n) is 9.00. The van der Waals surface area contributed by atoms with Crippen LogP contribution in [0, 0.1) is 5.82 Å². The first-order chi connectivity index (χ1) is 12.7. The molecule has 6 heteroatoms. The molecule has 0 aliphatic carbocycles. The van der Waals surface area contributed by atoms with Gasteiger partial charge in [0.2, 0.25) is 0 Å². The van der Waals surface area contributed by atoms with Crippen molar-refractivity contribution >= 4 is 16.7 Å². The third-order valence-electron chi connectivity index (χ3n) is 4.97. The predicted molar refractivity (Wildman–Crippen MR) is 101 cm³/mol. The molecular formula is C20H23FN4O. The normalized spacial score (nSPS) is 16.9. The van der Waals surface area contributed by atoms with Crippen LogP contribution in [0.1, 0.15) is 0 Å². The fourth-order valence-electron chi connectivity index (χ4n) is 3.58. The van der Waals surface area contributed by atoms with Crippen LogP contribution in [0.15, 0.2) is 54.9 Å². The highest BCUT2D eigenvalue weighted by molar-refractivity contribution is 5.74. The molecule has 1 saturated heterocycles. The van der Waals surface area contributed by atoms with Crippen LogP contribution in [-0.4, -0.2) is 58.4 Å². The van der Waals surface area contributed by atoms with Gasteiger partial charge in [0.05, 0.1) is 30.0 Å². The van der Waals surface area contributed by atoms with Crippen LogP contribution in [-0.2, 0) is 6.54 Å². The Morgan fingerprint density at radius 2 is 1.69 bits per heavy atom. The monoisotopic (exact) mass is 354 g/mol. The van der Waals surface area contributed by atoms with E-state index in [0.29, 0.717) is 13.1 Å². The average molecular weight is 354 g/mol. The Balaban J connectivity index is 1.30. The number of β-amino-alcohol motifs (C(OH)–C–C–N with tert-alkyl or cyclic N) is 1. The number of benzene rings is 2. The third kappa shape index (κ3) is 3.71. The molecule has 0 saturated carbocycles. The highest BCUT2D eigenvalue weighted by Crippen LogP contribution is 2.17. The number of imidazole rings is 1. The summed E-state index contributed by atoms with van der Waals surface area (Å²) in [5, 5.41) is 10.5. The van der Waals surface area contributed by atoms with Gasteiger partial charge in [0.15, 0.2) is 0 Å². The van der Waals surface area contributed by atoms with E-state index in [1.54, 1.807) is 6.33 Å². The number of hydrogen-bond donors (Lipinski definition) is 1. The van der Waals surface area contributed by atoms with Crippen molar-refractivity contribution in [1.29, 1.82) is 0 Å². The summed E-state index contributed by atoms with van der Waals surface area (Å²) in [7, 11) is 0. The number of aromatic nitrogens is 2. The molecule has 2 heterocycles. The standard InChI is InChI=1S/C20H23FN4O/c21-16-5-7-17(8-6-16)24-11-9-23(10-12-24)13-18(26)14-25-15-22-19-3-1-2-4-20(19)25/h1-8,15,18,26H,9-14H2. The van der Waals surface area contributed by atoms with Crippen molar-refractivity contribution in [2.24, 2.45) is 0 Å². The van der Waals surface area contributed by atoms with Gasteiger partial charge in [-0.3, -0.25) is 4.90 Å². The smallest absolute Gasteiger partial charge is 0.123 e. The van der Waals surface area contributed by atoms with E-state index in [4.69, 9.17) is 0 Å². The second-order valence-electron chi connectivity index (χ2n) is 6.80. The van der Waals surface area contributed by atoms with Gasteiger partial charge in [-0.15, -0.1) is 0 Å². The fraction of sp³-hybridized carbons (Fsp3) is 0.350. The van der Waals surface area contributed by atoms with Crippen molar-refractivity contribution < 1.29 is 9.50 Å². The van der Waals surface area contributed by atoms with Gasteiger partial charge >= 0.3 is 0 Å². The number of fused-ring (bicyclic) bond motifs is 1. The number of halogens is 1. The maximum atomic E-state index is 13.1. The van der Waals surface area contributed by atoms with Gasteiger partial charge in [-0.25, -0.2) is 9.37 Å². The SMILES string of the molecule is OC(CN1CCN(c2ccc(F)cc2)CC1)Cn1cnc2ccccc21. The van der Waals surface area contributed by atoms with Gasteiger partial charge in [-0.05, 0) is 36.4 Å². The Bertz CT molecular complexity index is 856. The minimum Gasteiger partial charge on any atom is -0.390 e. The number of piperazine rings is 1. The first-order valence-corrected chi connectivity index (χ1v) is 9.00. The molecule has 5 nitrogen and oxygen atoms in total. The molecule has 1 aliphatic rings. The lowest BCUT2D eigenvalue weighted by atomic mass is 10.2. The zero-order valence-corrected chi connectivity index (χ0v) is 14.6. The summed E-state index contributed by atoms with van der Waals surface area (Å²) in [4.78, 5) is 8.91. The molecule has 2 aromatic carbocycles. The Morgan fingerprint density at radius 3 is 2.46 bits per heavy atom. The van der Waals surface area contributed by atoms with Crippen molar-refractivity contribution in [3.8, 4) is 0 Å². The number of aliphatic hydroxyl groups excluding tert-OH is 1. The summed E-state index contributed by atoms with van der Waals surface area (Å²) in [6.07, 6.45) is 1.35. The van der Waals surface area contributed by atoms with E-state index in [2.05, 4.69) is 14.8 Å². The Morgan fingerprint density at radius 1 is 0.962 bits per heavy atom. The molecule has 136 valence electrons. The first kappa shape index (κ1) is 17.0. The highest BCUT2D eigenvalue weighted by atomic mass is 19.1. The molecule has 3 aromatic rings. The van der Waals surface area contributed by atoms with E-state index in [-0.39, 0.29) is 5.82 Å². The molecule has 0 bridgehead atoms. The largest absolute Gasteiger partial charge is 0.390 e. The molecule has 1 atom stereocenters. The van der Waals surface area contributed by atoms with Crippen molar-refractivity contribution in [1.82, 2.24) is 14.5 Å². The van der Waals surface area contributed by atoms with Gasteiger partial charge < -0.3 is 14.6 Å². The molecule has 0 radical (unpaired) electrons. The van der Waals surface area contributed by atoms with Crippen molar-refractivity contribution in [2.75, 3.05) is 37.6 Å². The summed E-state index contributed by atoms with van der Waals surface area (Å²) in [6, 6.07) is 14.6. The van der Waals surface area contributed by atoms with E-state index in [1.165, 1.54) is 12.1 Å². The van der Waals surface area contributed by atoms with E-state index in [0.717, 1.165) is 42.9 Å². The van der Waals surface area contributed by atoms with Crippen molar-refractivity contribution in [3.63, 3.8) is 0 Å². The Hall–Kier alpha value is -2.44. The number of para-hydroxylation sites is 2. The van der Waals surface area contributed by atoms with Gasteiger partial charge in [-0.1, -0.05) is 12.1 Å². The van der Waals surface area contributed by atoms with E-state index < -0.39 is 6.10 Å². The van der Waals surface area contributed by atoms with Gasteiger partial charge in [0, 0.05) is 38.4 Å². The number of nitrogens with zero attached hydrogens (tertiary/aromatic N) is 4. The van der Waals surface area contributed by atoms with Crippen LogP contribution < -0.4 is 4.90 Å². The van der Waals surface area contributed by atoms with Crippen LogP contribution >= 0.6 is 0 Å². The molecule has 1 N–H and O–H groups in total. The summed E-state index contributed by atoms with van der Waals surface area (Å²) in [6.45, 7) is 4.72. The third-order valence-corrected chi connectivity index (χ3v) is 4.97. The van der Waals surface area contributed by atoms with Crippen LogP contribution in [0.4, 0.5) is 10.1 Å². The Kier molecular flexibility index (Phi) is 4.86. The number of hydrogen-bond acceptors (Lipinski definition) is 4. The molecule has 0 spiro atoms. The van der Waals surface area contributed by atoms with Crippen molar-refractivity contribution in [3.05, 3.63) is 60.7 Å². The molecule has 1 fully saturated rings. The molecular weight excluding hydrogens is 331 g/mol. The lowest BCUT2D eigenvalue weighted by Gasteiger charge is -2.37. The maximum absolute atomic E-state index is 13.1. The number of anilines is 1. The van der Waals surface area contributed by atoms with Crippen LogP contribution in [0.5, 0.6) is 0 Å². The van der Waals surface area contributed by atoms with E-state index in [1.807, 2.05) is 41.0 Å². The van der Waals surface area contributed by atoms with E-state index >= 15 is 0 Å². The zero-order chi connectivity index (χ0) is 17.9. The predicted octanol–water partition coefficient (Wildman–Crippen LogP) is 2.36. The lowest BCUT2D eigenvalue weighted by molar-refractivity contribution is 0.0959. The molecule has 1 unspecified atom stereocenters. The number of aliphatic hydroxyl groups is 1. The van der Waals surface area contributed by atoms with Gasteiger partial charge in [0.1, 0.15) is 5.82 Å². The highest BCUT2D eigenvalue weighted by Gasteiger charge is 2.20. The second-order valence-corrected chi connectivity index (χ2v) is 6.80. The molecule has 0 amide bonds. The summed E-state index contributed by atoms with van der Waals surface area (Å²) >= 11 is 0. The minimum absolute atomic E-state index is 0.206. The second kappa shape index (κ2) is 7.43. The molecule has 1 aromatic heterocycles. The van der Waals surface area contributed by atoms with E-state index in [9.17, 15) is 9.50 Å². The molecule has 1 aliphatic heterocycles. The Labute approximate surface area is 152 Å². The summed E-state index contributed by atoms with van der Waals surface area (Å²) < 4.78 is 15.1. The lowest BCUT2D eigenvalue weighted by Crippen LogP contribution is -2.49. The van der Waals surface area contributed by atoms with Gasteiger partial charge in [-0.2, -0.15) is 0 Å². The average Bonchev–Trinajstić information content (AvgIpc) is 3.06. The number of rotatable bonds is 5. The molecule has 4 rings (SSSR count). The maximum Gasteiger partial charge on any atom is 0.123 e. The van der Waals surface area contributed by atoms with Crippen LogP contribution in [0.2, 0.25) is 0 Å². The zero-order valence-electron chi connectivity index (χ0n) is 14.6. The molecule has 26 heavy (non-hydrogen) atoms. The van der Waals surface area contributed by atoms with Crippen LogP contribution in [0.3, 0.4) is 0 Å². The minimum atomic E-state index is -0.440. The topological polar surface area (TPSA) is 44.5 Å². The fourth-order valence-corrected chi connectivity index (χ4v) is 3.58. The van der Waals surface area contributed by atoms with Crippen molar-refractivity contribution in [2.45, 2.75) is 12.6 Å². The van der Waals surface area contributed by atoms with Gasteiger partial charge in [0.25, 0.3) is 0 Å². The quantitative estimate of drug-likeness (QED) is 0.764. The summed E-state index contributed by atoms with van der Waals surface area (Å²) in [5.41, 5.74) is 3.05.